The van der Waals surface area contributed by atoms with Crippen LogP contribution in [0, 0.1) is 0 Å². The van der Waals surface area contributed by atoms with Gasteiger partial charge in [0.25, 0.3) is 5.91 Å². The molecule has 3 rings (SSSR count). The third kappa shape index (κ3) is 2.84. The second-order valence-electron chi connectivity index (χ2n) is 5.10. The van der Waals surface area contributed by atoms with E-state index in [9.17, 15) is 9.90 Å². The number of aromatic hydroxyl groups is 1. The quantitative estimate of drug-likeness (QED) is 0.906. The number of rotatable bonds is 2. The summed E-state index contributed by atoms with van der Waals surface area (Å²) < 4.78 is 0. The molecule has 1 amide bonds. The largest absolute Gasteiger partial charge is 0.505 e. The van der Waals surface area contributed by atoms with E-state index in [1.807, 2.05) is 6.07 Å². The van der Waals surface area contributed by atoms with Crippen molar-refractivity contribution in [3.63, 3.8) is 0 Å². The first-order valence-corrected chi connectivity index (χ1v) is 6.95. The number of carbonyl (C=O) groups excluding carboxylic acids is 1. The molecule has 0 spiro atoms. The lowest BCUT2D eigenvalue weighted by atomic mass is 9.94. The lowest BCUT2D eigenvalue weighted by Gasteiger charge is -2.32. The summed E-state index contributed by atoms with van der Waals surface area (Å²) in [4.78, 5) is 26.4. The van der Waals surface area contributed by atoms with Gasteiger partial charge in [0.2, 0.25) is 0 Å². The van der Waals surface area contributed by atoms with E-state index in [-0.39, 0.29) is 23.3 Å². The van der Waals surface area contributed by atoms with E-state index >= 15 is 0 Å². The molecule has 1 aliphatic rings. The van der Waals surface area contributed by atoms with Crippen molar-refractivity contribution in [2.24, 2.45) is 0 Å². The second kappa shape index (κ2) is 5.87. The molecule has 1 aliphatic heterocycles. The fraction of sp³-hybridized carbons (Fsp3) is 0.333. The normalized spacial score (nSPS) is 18.5. The van der Waals surface area contributed by atoms with E-state index in [0.717, 1.165) is 18.5 Å². The fourth-order valence-corrected chi connectivity index (χ4v) is 2.66. The predicted molar refractivity (Wildman–Crippen MR) is 75.8 cm³/mol. The highest BCUT2D eigenvalue weighted by molar-refractivity contribution is 5.94. The summed E-state index contributed by atoms with van der Waals surface area (Å²) in [6.45, 7) is 1.27. The molecule has 0 bridgehead atoms. The van der Waals surface area contributed by atoms with E-state index in [4.69, 9.17) is 0 Å². The number of amides is 1. The van der Waals surface area contributed by atoms with E-state index < -0.39 is 0 Å². The molecule has 6 nitrogen and oxygen atoms in total. The van der Waals surface area contributed by atoms with Gasteiger partial charge in [-0.25, -0.2) is 15.0 Å². The number of hydrogen-bond donors (Lipinski definition) is 1. The van der Waals surface area contributed by atoms with Gasteiger partial charge >= 0.3 is 0 Å². The number of aromatic nitrogens is 3. The lowest BCUT2D eigenvalue weighted by molar-refractivity contribution is 0.0696. The Balaban J connectivity index is 1.77. The Kier molecular flexibility index (Phi) is 3.77. The maximum Gasteiger partial charge on any atom is 0.276 e. The highest BCUT2D eigenvalue weighted by Crippen LogP contribution is 2.27. The van der Waals surface area contributed by atoms with Crippen molar-refractivity contribution in [3.8, 4) is 5.75 Å². The monoisotopic (exact) mass is 284 g/mol. The molecule has 2 aromatic heterocycles. The number of piperidine rings is 1. The standard InChI is InChI=1S/C15H16N4O2/c20-13-4-1-6-17-14(13)15(21)19-8-2-3-11(9-19)12-5-7-16-10-18-12/h1,4-7,10-11,20H,2-3,8-9H2/t11-/m1/s1. The zero-order valence-electron chi connectivity index (χ0n) is 11.5. The highest BCUT2D eigenvalue weighted by Gasteiger charge is 2.28. The topological polar surface area (TPSA) is 79.2 Å². The molecule has 0 unspecified atom stereocenters. The first-order chi connectivity index (χ1) is 10.3. The molecule has 6 heteroatoms. The van der Waals surface area contributed by atoms with Gasteiger partial charge in [-0.2, -0.15) is 0 Å². The molecule has 0 aromatic carbocycles. The van der Waals surface area contributed by atoms with Crippen LogP contribution in [0.4, 0.5) is 0 Å². The van der Waals surface area contributed by atoms with Crippen LogP contribution >= 0.6 is 0 Å². The van der Waals surface area contributed by atoms with Crippen LogP contribution in [0.25, 0.3) is 0 Å². The lowest BCUT2D eigenvalue weighted by Crippen LogP contribution is -2.39. The Labute approximate surface area is 122 Å². The molecule has 1 N–H and O–H groups in total. The average molecular weight is 284 g/mol. The summed E-state index contributed by atoms with van der Waals surface area (Å²) >= 11 is 0. The molecular formula is C15H16N4O2. The summed E-state index contributed by atoms with van der Waals surface area (Å²) in [5, 5.41) is 9.76. The van der Waals surface area contributed by atoms with Gasteiger partial charge in [-0.1, -0.05) is 0 Å². The van der Waals surface area contributed by atoms with Crippen molar-refractivity contribution in [2.45, 2.75) is 18.8 Å². The molecule has 0 radical (unpaired) electrons. The van der Waals surface area contributed by atoms with Crippen molar-refractivity contribution in [2.75, 3.05) is 13.1 Å². The molecule has 1 fully saturated rings. The van der Waals surface area contributed by atoms with Crippen LogP contribution in [0.3, 0.4) is 0 Å². The molecule has 0 aliphatic carbocycles. The van der Waals surface area contributed by atoms with Crippen LogP contribution in [0.5, 0.6) is 5.75 Å². The molecule has 3 heterocycles. The SMILES string of the molecule is O=C(c1ncccc1O)N1CCC[C@@H](c2ccncn2)C1. The number of nitrogens with zero attached hydrogens (tertiary/aromatic N) is 4. The van der Waals surface area contributed by atoms with Crippen molar-refractivity contribution in [3.05, 3.63) is 48.3 Å². The van der Waals surface area contributed by atoms with Crippen LogP contribution in [0.2, 0.25) is 0 Å². The average Bonchev–Trinajstić information content (AvgIpc) is 2.56. The summed E-state index contributed by atoms with van der Waals surface area (Å²) in [7, 11) is 0. The molecule has 0 saturated carbocycles. The van der Waals surface area contributed by atoms with Gasteiger partial charge in [0.1, 0.15) is 12.1 Å². The van der Waals surface area contributed by atoms with E-state index in [2.05, 4.69) is 15.0 Å². The molecular weight excluding hydrogens is 268 g/mol. The summed E-state index contributed by atoms with van der Waals surface area (Å²) in [6.07, 6.45) is 6.66. The smallest absolute Gasteiger partial charge is 0.276 e. The Hall–Kier alpha value is -2.50. The van der Waals surface area contributed by atoms with E-state index in [1.54, 1.807) is 17.2 Å². The maximum absolute atomic E-state index is 12.5. The summed E-state index contributed by atoms with van der Waals surface area (Å²) in [6, 6.07) is 4.97. The van der Waals surface area contributed by atoms with Crippen LogP contribution in [-0.4, -0.2) is 44.0 Å². The minimum atomic E-state index is -0.230. The van der Waals surface area contributed by atoms with Gasteiger partial charge in [-0.05, 0) is 31.0 Å². The number of carbonyl (C=O) groups is 1. The molecule has 2 aromatic rings. The first kappa shape index (κ1) is 13.5. The zero-order valence-corrected chi connectivity index (χ0v) is 11.5. The molecule has 21 heavy (non-hydrogen) atoms. The number of likely N-dealkylation sites (tertiary alicyclic amines) is 1. The summed E-state index contributed by atoms with van der Waals surface area (Å²) in [5.74, 6) is -0.102. The van der Waals surface area contributed by atoms with Crippen molar-refractivity contribution in [1.82, 2.24) is 19.9 Å². The van der Waals surface area contributed by atoms with Crippen molar-refractivity contribution >= 4 is 5.91 Å². The Morgan fingerprint density at radius 2 is 2.19 bits per heavy atom. The Morgan fingerprint density at radius 1 is 1.29 bits per heavy atom. The number of pyridine rings is 1. The Morgan fingerprint density at radius 3 is 2.95 bits per heavy atom. The van der Waals surface area contributed by atoms with Crippen LogP contribution in [0.1, 0.15) is 34.9 Å². The molecule has 1 atom stereocenters. The van der Waals surface area contributed by atoms with Gasteiger partial charge in [0.05, 0.1) is 0 Å². The fourth-order valence-electron chi connectivity index (χ4n) is 2.66. The highest BCUT2D eigenvalue weighted by atomic mass is 16.3. The van der Waals surface area contributed by atoms with E-state index in [1.165, 1.54) is 18.6 Å². The van der Waals surface area contributed by atoms with Gasteiger partial charge < -0.3 is 10.0 Å². The molecule has 1 saturated heterocycles. The van der Waals surface area contributed by atoms with Crippen molar-refractivity contribution < 1.29 is 9.90 Å². The van der Waals surface area contributed by atoms with Crippen LogP contribution in [0.15, 0.2) is 36.9 Å². The third-order valence-corrected chi connectivity index (χ3v) is 3.72. The predicted octanol–water partition coefficient (Wildman–Crippen LogP) is 1.60. The van der Waals surface area contributed by atoms with Crippen LogP contribution in [-0.2, 0) is 0 Å². The van der Waals surface area contributed by atoms with Crippen molar-refractivity contribution in [1.29, 1.82) is 0 Å². The first-order valence-electron chi connectivity index (χ1n) is 6.95. The zero-order chi connectivity index (χ0) is 14.7. The Bertz CT molecular complexity index is 633. The third-order valence-electron chi connectivity index (χ3n) is 3.72. The van der Waals surface area contributed by atoms with Crippen LogP contribution < -0.4 is 0 Å². The number of hydrogen-bond acceptors (Lipinski definition) is 5. The van der Waals surface area contributed by atoms with Gasteiger partial charge in [-0.3, -0.25) is 4.79 Å². The second-order valence-corrected chi connectivity index (χ2v) is 5.10. The summed E-state index contributed by atoms with van der Waals surface area (Å²) in [5.41, 5.74) is 1.06. The maximum atomic E-state index is 12.5. The van der Waals surface area contributed by atoms with E-state index in [0.29, 0.717) is 13.1 Å². The molecule has 108 valence electrons. The van der Waals surface area contributed by atoms with Gasteiger partial charge in [0, 0.05) is 37.1 Å². The minimum absolute atomic E-state index is 0.0772. The van der Waals surface area contributed by atoms with Gasteiger partial charge in [-0.15, -0.1) is 0 Å². The van der Waals surface area contributed by atoms with Gasteiger partial charge in [0.15, 0.2) is 5.69 Å². The minimum Gasteiger partial charge on any atom is -0.505 e.